The molecule has 0 heterocycles. The largest absolute Gasteiger partial charge is 0.463 e. The highest BCUT2D eigenvalue weighted by Gasteiger charge is 2.07. The van der Waals surface area contributed by atoms with Gasteiger partial charge in [-0.25, -0.2) is 4.79 Å². The predicted octanol–water partition coefficient (Wildman–Crippen LogP) is 4.51. The molecule has 0 atom stereocenters. The third kappa shape index (κ3) is 7.31. The number of hydrogen-bond acceptors (Lipinski definition) is 2. The summed E-state index contributed by atoms with van der Waals surface area (Å²) in [5, 5.41) is 0. The van der Waals surface area contributed by atoms with Crippen molar-refractivity contribution in [1.82, 2.24) is 0 Å². The van der Waals surface area contributed by atoms with Crippen LogP contribution in [0.1, 0.15) is 54.4 Å². The molecule has 104 valence electrons. The van der Waals surface area contributed by atoms with Gasteiger partial charge in [0.05, 0.1) is 6.61 Å². The summed E-state index contributed by atoms with van der Waals surface area (Å²) in [5.74, 6) is 0.964. The Morgan fingerprint density at radius 3 is 2.17 bits per heavy atom. The van der Waals surface area contributed by atoms with E-state index >= 15 is 0 Å². The summed E-state index contributed by atoms with van der Waals surface area (Å²) >= 11 is 0. The van der Waals surface area contributed by atoms with Crippen molar-refractivity contribution in [3.05, 3.63) is 23.3 Å². The van der Waals surface area contributed by atoms with Crippen LogP contribution in [0.3, 0.4) is 0 Å². The van der Waals surface area contributed by atoms with E-state index in [1.807, 2.05) is 13.8 Å². The molecule has 0 aromatic rings. The highest BCUT2D eigenvalue weighted by molar-refractivity contribution is 5.82. The van der Waals surface area contributed by atoms with Gasteiger partial charge in [0.1, 0.15) is 0 Å². The van der Waals surface area contributed by atoms with Gasteiger partial charge in [-0.3, -0.25) is 0 Å². The molecule has 2 nitrogen and oxygen atoms in total. The lowest BCUT2D eigenvalue weighted by Crippen LogP contribution is -2.02. The minimum Gasteiger partial charge on any atom is -0.463 e. The number of carbonyl (C=O) groups excluding carboxylic acids is 1. The first-order valence-electron chi connectivity index (χ1n) is 6.92. The van der Waals surface area contributed by atoms with E-state index in [-0.39, 0.29) is 5.97 Å². The highest BCUT2D eigenvalue weighted by Crippen LogP contribution is 2.20. The lowest BCUT2D eigenvalue weighted by Gasteiger charge is -2.15. The van der Waals surface area contributed by atoms with Crippen LogP contribution in [-0.4, -0.2) is 12.6 Å². The monoisotopic (exact) mass is 252 g/mol. The Balaban J connectivity index is 4.32. The molecule has 0 amide bonds. The smallest absolute Gasteiger partial charge is 0.330 e. The van der Waals surface area contributed by atoms with Gasteiger partial charge in [-0.1, -0.05) is 44.9 Å². The van der Waals surface area contributed by atoms with Crippen LogP contribution in [0.15, 0.2) is 23.3 Å². The quantitative estimate of drug-likeness (QED) is 0.378. The van der Waals surface area contributed by atoms with Crippen LogP contribution in [0.25, 0.3) is 0 Å². The van der Waals surface area contributed by atoms with E-state index < -0.39 is 0 Å². The first kappa shape index (κ1) is 16.9. The fraction of sp³-hybridized carbons (Fsp3) is 0.688. The van der Waals surface area contributed by atoms with Crippen molar-refractivity contribution in [1.29, 1.82) is 0 Å². The van der Waals surface area contributed by atoms with Crippen LogP contribution in [-0.2, 0) is 9.53 Å². The van der Waals surface area contributed by atoms with Crippen LogP contribution in [0, 0.1) is 11.8 Å². The zero-order chi connectivity index (χ0) is 14.1. The maximum atomic E-state index is 11.3. The maximum Gasteiger partial charge on any atom is 0.330 e. The highest BCUT2D eigenvalue weighted by atomic mass is 16.5. The molecule has 18 heavy (non-hydrogen) atoms. The fourth-order valence-electron chi connectivity index (χ4n) is 2.06. The van der Waals surface area contributed by atoms with E-state index in [1.54, 1.807) is 6.08 Å². The van der Waals surface area contributed by atoms with Gasteiger partial charge >= 0.3 is 5.97 Å². The standard InChI is InChI=1S/C16H28O2/c1-7-18-16(17)11-14(6)9-8-10-15(12(2)3)13(4)5/h10-13H,7-9H2,1-6H3. The lowest BCUT2D eigenvalue weighted by atomic mass is 9.91. The second-order valence-electron chi connectivity index (χ2n) is 5.29. The molecule has 0 bridgehead atoms. The van der Waals surface area contributed by atoms with Crippen molar-refractivity contribution >= 4 is 5.97 Å². The Labute approximate surface area is 112 Å². The molecule has 0 N–H and O–H groups in total. The molecule has 0 saturated heterocycles. The van der Waals surface area contributed by atoms with Gasteiger partial charge in [0.2, 0.25) is 0 Å². The molecular formula is C16H28O2. The molecule has 0 aliphatic rings. The molecule has 0 aliphatic heterocycles. The topological polar surface area (TPSA) is 26.3 Å². The number of ether oxygens (including phenoxy) is 1. The Hall–Kier alpha value is -1.05. The Morgan fingerprint density at radius 1 is 1.17 bits per heavy atom. The second-order valence-corrected chi connectivity index (χ2v) is 5.29. The summed E-state index contributed by atoms with van der Waals surface area (Å²) in [5.41, 5.74) is 2.58. The minimum atomic E-state index is -0.230. The molecule has 0 fully saturated rings. The summed E-state index contributed by atoms with van der Waals surface area (Å²) in [6, 6.07) is 0. The van der Waals surface area contributed by atoms with Gasteiger partial charge in [0, 0.05) is 6.08 Å². The van der Waals surface area contributed by atoms with Crippen LogP contribution in [0.5, 0.6) is 0 Å². The maximum absolute atomic E-state index is 11.3. The molecule has 0 aromatic heterocycles. The van der Waals surface area contributed by atoms with Crippen molar-refractivity contribution in [3.8, 4) is 0 Å². The molecule has 0 rings (SSSR count). The van der Waals surface area contributed by atoms with E-state index in [1.165, 1.54) is 5.57 Å². The van der Waals surface area contributed by atoms with Crippen molar-refractivity contribution in [2.24, 2.45) is 11.8 Å². The van der Waals surface area contributed by atoms with Gasteiger partial charge in [0.25, 0.3) is 0 Å². The van der Waals surface area contributed by atoms with Crippen LogP contribution >= 0.6 is 0 Å². The first-order valence-corrected chi connectivity index (χ1v) is 6.92. The van der Waals surface area contributed by atoms with Gasteiger partial charge in [0.15, 0.2) is 0 Å². The van der Waals surface area contributed by atoms with Crippen molar-refractivity contribution < 1.29 is 9.53 Å². The van der Waals surface area contributed by atoms with E-state index in [4.69, 9.17) is 4.74 Å². The Morgan fingerprint density at radius 2 is 1.72 bits per heavy atom. The summed E-state index contributed by atoms with van der Waals surface area (Å²) < 4.78 is 4.89. The Bertz CT molecular complexity index is 299. The number of esters is 1. The van der Waals surface area contributed by atoms with Crippen molar-refractivity contribution in [3.63, 3.8) is 0 Å². The average Bonchev–Trinajstić information content (AvgIpc) is 2.23. The molecule has 0 spiro atoms. The Kier molecular flexibility index (Phi) is 8.43. The number of allylic oxidation sites excluding steroid dienone is 3. The van der Waals surface area contributed by atoms with Gasteiger partial charge in [-0.05, 0) is 38.5 Å². The number of hydrogen-bond donors (Lipinski definition) is 0. The zero-order valence-corrected chi connectivity index (χ0v) is 12.7. The van der Waals surface area contributed by atoms with Gasteiger partial charge in [-0.2, -0.15) is 0 Å². The predicted molar refractivity (Wildman–Crippen MR) is 77.4 cm³/mol. The van der Waals surface area contributed by atoms with Crippen LogP contribution < -0.4 is 0 Å². The molecule has 0 aromatic carbocycles. The lowest BCUT2D eigenvalue weighted by molar-refractivity contribution is -0.137. The van der Waals surface area contributed by atoms with Crippen molar-refractivity contribution in [2.45, 2.75) is 54.4 Å². The molecule has 0 radical (unpaired) electrons. The molecule has 0 aliphatic carbocycles. The van der Waals surface area contributed by atoms with E-state index in [9.17, 15) is 4.79 Å². The first-order chi connectivity index (χ1) is 8.38. The SMILES string of the molecule is CCOC(=O)C=C(C)CCC=C(C(C)C)C(C)C. The summed E-state index contributed by atoms with van der Waals surface area (Å²) in [7, 11) is 0. The second kappa shape index (κ2) is 8.96. The molecule has 2 heteroatoms. The normalized spacial score (nSPS) is 11.9. The minimum absolute atomic E-state index is 0.230. The number of rotatable bonds is 7. The molecule has 0 saturated carbocycles. The van der Waals surface area contributed by atoms with E-state index in [0.717, 1.165) is 18.4 Å². The van der Waals surface area contributed by atoms with Gasteiger partial charge < -0.3 is 4.74 Å². The van der Waals surface area contributed by atoms with E-state index in [2.05, 4.69) is 33.8 Å². The zero-order valence-electron chi connectivity index (χ0n) is 12.7. The third-order valence-electron chi connectivity index (χ3n) is 2.90. The summed E-state index contributed by atoms with van der Waals surface area (Å²) in [4.78, 5) is 11.3. The third-order valence-corrected chi connectivity index (χ3v) is 2.90. The summed E-state index contributed by atoms with van der Waals surface area (Å²) in [6.07, 6.45) is 5.83. The molecular weight excluding hydrogens is 224 g/mol. The van der Waals surface area contributed by atoms with Gasteiger partial charge in [-0.15, -0.1) is 0 Å². The average molecular weight is 252 g/mol. The molecule has 0 unspecified atom stereocenters. The summed E-state index contributed by atoms with van der Waals surface area (Å²) in [6.45, 7) is 13.2. The fourth-order valence-corrected chi connectivity index (χ4v) is 2.06. The van der Waals surface area contributed by atoms with Crippen molar-refractivity contribution in [2.75, 3.05) is 6.61 Å². The van der Waals surface area contributed by atoms with E-state index in [0.29, 0.717) is 18.4 Å². The van der Waals surface area contributed by atoms with Crippen LogP contribution in [0.2, 0.25) is 0 Å². The number of carbonyl (C=O) groups is 1. The van der Waals surface area contributed by atoms with Crippen LogP contribution in [0.4, 0.5) is 0 Å².